The summed E-state index contributed by atoms with van der Waals surface area (Å²) >= 11 is 11.7. The van der Waals surface area contributed by atoms with Gasteiger partial charge in [0.25, 0.3) is 0 Å². The highest BCUT2D eigenvalue weighted by Crippen LogP contribution is 2.26. The van der Waals surface area contributed by atoms with Crippen LogP contribution < -0.4 is 10.3 Å². The first-order chi connectivity index (χ1) is 12.0. The molecule has 0 bridgehead atoms. The molecular formula is C18H15Cl2N3O2. The van der Waals surface area contributed by atoms with Gasteiger partial charge < -0.3 is 4.90 Å². The summed E-state index contributed by atoms with van der Waals surface area (Å²) in [6, 6.07) is 14.1. The fourth-order valence-electron chi connectivity index (χ4n) is 2.60. The van der Waals surface area contributed by atoms with E-state index in [0.717, 1.165) is 11.3 Å². The Morgan fingerprint density at radius 2 is 1.92 bits per heavy atom. The van der Waals surface area contributed by atoms with Gasteiger partial charge in [-0.15, -0.1) is 0 Å². The second-order valence-corrected chi connectivity index (χ2v) is 6.54. The first-order valence-corrected chi connectivity index (χ1v) is 8.43. The summed E-state index contributed by atoms with van der Waals surface area (Å²) in [5.41, 5.74) is 3.99. The van der Waals surface area contributed by atoms with Crippen LogP contribution in [0.4, 0.5) is 5.69 Å². The summed E-state index contributed by atoms with van der Waals surface area (Å²) in [7, 11) is 0. The van der Waals surface area contributed by atoms with Crippen molar-refractivity contribution in [3.05, 3.63) is 64.1 Å². The molecule has 128 valence electrons. The molecule has 7 heteroatoms. The number of rotatable bonds is 4. The van der Waals surface area contributed by atoms with Crippen molar-refractivity contribution in [2.75, 3.05) is 11.4 Å². The van der Waals surface area contributed by atoms with Gasteiger partial charge in [0.15, 0.2) is 0 Å². The molecule has 2 amide bonds. The molecule has 1 N–H and O–H groups in total. The minimum Gasteiger partial charge on any atom is -0.312 e. The van der Waals surface area contributed by atoms with Crippen molar-refractivity contribution in [3.63, 3.8) is 0 Å². The zero-order chi connectivity index (χ0) is 17.8. The quantitative estimate of drug-likeness (QED) is 0.656. The van der Waals surface area contributed by atoms with Crippen molar-refractivity contribution in [1.82, 2.24) is 5.43 Å². The second kappa shape index (κ2) is 7.68. The number of amides is 2. The fourth-order valence-corrected chi connectivity index (χ4v) is 2.93. The topological polar surface area (TPSA) is 61.8 Å². The maximum atomic E-state index is 12.2. The predicted molar refractivity (Wildman–Crippen MR) is 99.1 cm³/mol. The Kier molecular flexibility index (Phi) is 5.36. The number of benzene rings is 2. The summed E-state index contributed by atoms with van der Waals surface area (Å²) in [5, 5.41) is 5.12. The Bertz CT molecular complexity index is 821. The fraction of sp³-hybridized carbons (Fsp3) is 0.167. The molecular weight excluding hydrogens is 361 g/mol. The molecule has 2 aromatic carbocycles. The lowest BCUT2D eigenvalue weighted by atomic mass is 10.1. The monoisotopic (exact) mass is 375 g/mol. The average Bonchev–Trinajstić information content (AvgIpc) is 2.97. The van der Waals surface area contributed by atoms with Gasteiger partial charge >= 0.3 is 0 Å². The molecule has 1 aliphatic heterocycles. The summed E-state index contributed by atoms with van der Waals surface area (Å²) in [6.45, 7) is 0.318. The van der Waals surface area contributed by atoms with Gasteiger partial charge in [0.1, 0.15) is 0 Å². The smallest absolute Gasteiger partial charge is 0.245 e. The first kappa shape index (κ1) is 17.5. The normalized spacial score (nSPS) is 17.3. The Morgan fingerprint density at radius 3 is 2.64 bits per heavy atom. The molecule has 25 heavy (non-hydrogen) atoms. The molecule has 1 saturated heterocycles. The standard InChI is InChI=1S/C18H15Cl2N3O2/c19-14-4-6-16(7-5-14)23-11-13(9-17(23)24)18(25)22-21-10-12-2-1-3-15(20)8-12/h1-8,10,13H,9,11H2,(H,22,25)/b21-10-/t13-/m1/s1. The lowest BCUT2D eigenvalue weighted by molar-refractivity contribution is -0.126. The highest BCUT2D eigenvalue weighted by Gasteiger charge is 2.35. The third kappa shape index (κ3) is 4.38. The van der Waals surface area contributed by atoms with Crippen LogP contribution in [0.5, 0.6) is 0 Å². The number of hydrogen-bond acceptors (Lipinski definition) is 3. The van der Waals surface area contributed by atoms with Crippen molar-refractivity contribution in [2.24, 2.45) is 11.0 Å². The first-order valence-electron chi connectivity index (χ1n) is 7.67. The van der Waals surface area contributed by atoms with Crippen molar-refractivity contribution in [2.45, 2.75) is 6.42 Å². The van der Waals surface area contributed by atoms with Gasteiger partial charge in [-0.1, -0.05) is 35.3 Å². The van der Waals surface area contributed by atoms with Crippen molar-refractivity contribution >= 4 is 46.9 Å². The molecule has 1 atom stereocenters. The molecule has 3 rings (SSSR count). The van der Waals surface area contributed by atoms with Crippen molar-refractivity contribution in [1.29, 1.82) is 0 Å². The van der Waals surface area contributed by atoms with Gasteiger partial charge in [-0.25, -0.2) is 5.43 Å². The SMILES string of the molecule is O=C(N/N=C\c1cccc(Cl)c1)[C@@H]1CC(=O)N(c2ccc(Cl)cc2)C1. The van der Waals surface area contributed by atoms with Crippen molar-refractivity contribution in [3.8, 4) is 0 Å². The van der Waals surface area contributed by atoms with E-state index in [2.05, 4.69) is 10.5 Å². The van der Waals surface area contributed by atoms with Crippen LogP contribution in [0.15, 0.2) is 53.6 Å². The molecule has 0 saturated carbocycles. The number of nitrogens with zero attached hydrogens (tertiary/aromatic N) is 2. The highest BCUT2D eigenvalue weighted by atomic mass is 35.5. The van der Waals surface area contributed by atoms with Crippen LogP contribution in [0.3, 0.4) is 0 Å². The van der Waals surface area contributed by atoms with E-state index in [0.29, 0.717) is 16.6 Å². The molecule has 1 aliphatic rings. The van der Waals surface area contributed by atoms with Gasteiger partial charge in [-0.3, -0.25) is 9.59 Å². The maximum Gasteiger partial charge on any atom is 0.245 e. The number of nitrogens with one attached hydrogen (secondary N) is 1. The van der Waals surface area contributed by atoms with E-state index in [1.54, 1.807) is 47.4 Å². The minimum atomic E-state index is -0.445. The number of halogens is 2. The Hall–Kier alpha value is -2.37. The molecule has 0 unspecified atom stereocenters. The van der Waals surface area contributed by atoms with Crippen LogP contribution in [0.25, 0.3) is 0 Å². The molecule has 0 aromatic heterocycles. The van der Waals surface area contributed by atoms with Crippen LogP contribution in [0, 0.1) is 5.92 Å². The zero-order valence-electron chi connectivity index (χ0n) is 13.2. The molecule has 0 spiro atoms. The van der Waals surface area contributed by atoms with Crippen LogP contribution >= 0.6 is 23.2 Å². The van der Waals surface area contributed by atoms with E-state index < -0.39 is 5.92 Å². The van der Waals surface area contributed by atoms with Gasteiger partial charge in [0.05, 0.1) is 12.1 Å². The van der Waals surface area contributed by atoms with E-state index in [9.17, 15) is 9.59 Å². The van der Waals surface area contributed by atoms with Crippen molar-refractivity contribution < 1.29 is 9.59 Å². The van der Waals surface area contributed by atoms with E-state index >= 15 is 0 Å². The third-order valence-electron chi connectivity index (χ3n) is 3.87. The number of hydrazone groups is 1. The largest absolute Gasteiger partial charge is 0.312 e. The number of carbonyl (C=O) groups excluding carboxylic acids is 2. The molecule has 1 heterocycles. The Balaban J connectivity index is 1.60. The van der Waals surface area contributed by atoms with E-state index in [1.807, 2.05) is 6.07 Å². The summed E-state index contributed by atoms with van der Waals surface area (Å²) in [5.74, 6) is -0.830. The van der Waals surface area contributed by atoms with Crippen LogP contribution in [0.2, 0.25) is 10.0 Å². The van der Waals surface area contributed by atoms with Gasteiger partial charge in [-0.2, -0.15) is 5.10 Å². The highest BCUT2D eigenvalue weighted by molar-refractivity contribution is 6.31. The van der Waals surface area contributed by atoms with E-state index in [1.165, 1.54) is 6.21 Å². The van der Waals surface area contributed by atoms with Gasteiger partial charge in [0.2, 0.25) is 11.8 Å². The second-order valence-electron chi connectivity index (χ2n) is 5.67. The zero-order valence-corrected chi connectivity index (χ0v) is 14.7. The summed E-state index contributed by atoms with van der Waals surface area (Å²) < 4.78 is 0. The number of carbonyl (C=O) groups is 2. The molecule has 5 nitrogen and oxygen atoms in total. The molecule has 1 fully saturated rings. The summed E-state index contributed by atoms with van der Waals surface area (Å²) in [4.78, 5) is 26.0. The van der Waals surface area contributed by atoms with Gasteiger partial charge in [-0.05, 0) is 42.0 Å². The summed E-state index contributed by atoms with van der Waals surface area (Å²) in [6.07, 6.45) is 1.67. The van der Waals surface area contributed by atoms with Crippen LogP contribution in [0.1, 0.15) is 12.0 Å². The number of anilines is 1. The van der Waals surface area contributed by atoms with Gasteiger partial charge in [0, 0.05) is 28.7 Å². The Morgan fingerprint density at radius 1 is 1.16 bits per heavy atom. The third-order valence-corrected chi connectivity index (χ3v) is 4.36. The Labute approximate surface area is 155 Å². The lowest BCUT2D eigenvalue weighted by Crippen LogP contribution is -2.30. The number of hydrogen-bond donors (Lipinski definition) is 1. The van der Waals surface area contributed by atoms with Crippen LogP contribution in [-0.4, -0.2) is 24.6 Å². The molecule has 0 radical (unpaired) electrons. The minimum absolute atomic E-state index is 0.0960. The maximum absolute atomic E-state index is 12.2. The van der Waals surface area contributed by atoms with E-state index in [4.69, 9.17) is 23.2 Å². The van der Waals surface area contributed by atoms with Crippen LogP contribution in [-0.2, 0) is 9.59 Å². The molecule has 0 aliphatic carbocycles. The molecule has 2 aromatic rings. The predicted octanol–water partition coefficient (Wildman–Crippen LogP) is 3.50. The average molecular weight is 376 g/mol. The van der Waals surface area contributed by atoms with E-state index in [-0.39, 0.29) is 18.2 Å². The lowest BCUT2D eigenvalue weighted by Gasteiger charge is -2.16.